The van der Waals surface area contributed by atoms with Gasteiger partial charge in [0.2, 0.25) is 0 Å². The summed E-state index contributed by atoms with van der Waals surface area (Å²) in [6.07, 6.45) is -3.55. The second kappa shape index (κ2) is 21.0. The fourth-order valence-electron chi connectivity index (χ4n) is 10.1. The monoisotopic (exact) mass is 976 g/mol. The molecule has 15 heteroatoms. The molecule has 0 aliphatic carbocycles. The predicted molar refractivity (Wildman–Crippen MR) is 273 cm³/mol. The van der Waals surface area contributed by atoms with Crippen molar-refractivity contribution in [1.82, 2.24) is 14.2 Å². The zero-order valence-corrected chi connectivity index (χ0v) is 41.4. The maximum absolute atomic E-state index is 15.8. The van der Waals surface area contributed by atoms with Crippen molar-refractivity contribution in [2.24, 2.45) is 0 Å². The molecule has 1 aromatic heterocycles. The van der Waals surface area contributed by atoms with Crippen LogP contribution in [0.25, 0.3) is 32.3 Å². The molecule has 7 aromatic carbocycles. The number of nitrogens with one attached hydrogen (secondary N) is 1. The Balaban J connectivity index is 1.21. The fourth-order valence-corrected chi connectivity index (χ4v) is 12.4. The van der Waals surface area contributed by atoms with Crippen LogP contribution in [0.3, 0.4) is 0 Å². The van der Waals surface area contributed by atoms with Gasteiger partial charge in [0, 0.05) is 24.3 Å². The van der Waals surface area contributed by atoms with Gasteiger partial charge in [0.05, 0.1) is 46.5 Å². The summed E-state index contributed by atoms with van der Waals surface area (Å²) in [6.45, 7) is 7.13. The van der Waals surface area contributed by atoms with Crippen LogP contribution < -0.4 is 20.7 Å². The van der Waals surface area contributed by atoms with Crippen LogP contribution in [0.1, 0.15) is 62.6 Å². The van der Waals surface area contributed by atoms with E-state index in [0.717, 1.165) is 54.6 Å². The quantitative estimate of drug-likeness (QED) is 0.0333. The molecule has 5 atom stereocenters. The molecule has 1 aliphatic heterocycles. The second-order valence-electron chi connectivity index (χ2n) is 18.1. The van der Waals surface area contributed by atoms with Crippen LogP contribution in [-0.2, 0) is 40.0 Å². The van der Waals surface area contributed by atoms with Gasteiger partial charge in [-0.15, -0.1) is 0 Å². The number of hydrogen-bond acceptors (Lipinski definition) is 11. The van der Waals surface area contributed by atoms with Crippen molar-refractivity contribution in [3.63, 3.8) is 0 Å². The van der Waals surface area contributed by atoms with Crippen molar-refractivity contribution in [3.8, 4) is 17.6 Å². The number of ether oxygens (including phenoxy) is 5. The fraction of sp³-hybridized carbons (Fsp3) is 0.304. The highest BCUT2D eigenvalue weighted by Gasteiger charge is 2.54. The Morgan fingerprint density at radius 1 is 0.732 bits per heavy atom. The maximum Gasteiger partial charge on any atom is 0.409 e. The first kappa shape index (κ1) is 49.3. The summed E-state index contributed by atoms with van der Waals surface area (Å²) in [7, 11) is -1.16. The Morgan fingerprint density at radius 3 is 1.92 bits per heavy atom. The Labute approximate surface area is 412 Å². The van der Waals surface area contributed by atoms with E-state index in [1.54, 1.807) is 18.9 Å². The lowest BCUT2D eigenvalue weighted by atomic mass is 9.80. The molecular formula is C56H57N4O10P. The van der Waals surface area contributed by atoms with Crippen LogP contribution in [0.5, 0.6) is 11.5 Å². The Kier molecular flexibility index (Phi) is 14.6. The third-order valence-corrected chi connectivity index (χ3v) is 15.7. The van der Waals surface area contributed by atoms with E-state index in [1.165, 1.54) is 16.8 Å². The zero-order chi connectivity index (χ0) is 49.9. The first-order chi connectivity index (χ1) is 34.4. The molecule has 366 valence electrons. The number of nitrogens with zero attached hydrogens (tertiary/aromatic N) is 3. The number of H-pyrrole nitrogens is 1. The maximum atomic E-state index is 15.8. The molecule has 2 heterocycles. The number of aromatic nitrogens is 2. The van der Waals surface area contributed by atoms with Crippen LogP contribution in [0.2, 0.25) is 0 Å². The summed E-state index contributed by atoms with van der Waals surface area (Å²) in [5, 5.41) is 16.1. The van der Waals surface area contributed by atoms with Gasteiger partial charge < -0.3 is 23.7 Å². The highest BCUT2D eigenvalue weighted by atomic mass is 31.2. The van der Waals surface area contributed by atoms with Crippen molar-refractivity contribution >= 4 is 40.1 Å². The van der Waals surface area contributed by atoms with E-state index in [9.17, 15) is 14.9 Å². The van der Waals surface area contributed by atoms with Crippen LogP contribution in [-0.4, -0.2) is 72.1 Å². The standard InChI is InChI=1S/C56H57N4O10P/c1-36(2)60(37(3)4)71(63,68-33-11-31-57)70-52-48(35-67-56(42-14-8-7-9-15-42,43-21-25-45(64-5)26-22-43)44-23-27-46(65-6)28-24-44)69-54(59-32-30-49(61)58-55(59)62)53(52)66-34-41-19-18-40-17-16-38-12-10-13-39-20-29-47(41)51(40)50(38)39/h7-10,12-30,32,36-37,48,52-54H,11,33-35H2,1-6H3,(H,58,61,62)/t48-,52-,53-,54-,71?/m1/s1. The smallest absolute Gasteiger partial charge is 0.409 e. The van der Waals surface area contributed by atoms with E-state index < -0.39 is 49.1 Å². The summed E-state index contributed by atoms with van der Waals surface area (Å²) in [5.41, 5.74) is 0.435. The van der Waals surface area contributed by atoms with Gasteiger partial charge >= 0.3 is 13.4 Å². The van der Waals surface area contributed by atoms with Crippen LogP contribution >= 0.6 is 7.75 Å². The van der Waals surface area contributed by atoms with Crippen LogP contribution in [0.4, 0.5) is 0 Å². The van der Waals surface area contributed by atoms with Crippen molar-refractivity contribution in [3.05, 3.63) is 189 Å². The lowest BCUT2D eigenvalue weighted by Crippen LogP contribution is -2.44. The summed E-state index contributed by atoms with van der Waals surface area (Å²) < 4.78 is 64.5. The Bertz CT molecular complexity index is 3250. The second-order valence-corrected chi connectivity index (χ2v) is 20.0. The summed E-state index contributed by atoms with van der Waals surface area (Å²) in [6, 6.07) is 46.3. The number of aromatic amines is 1. The third kappa shape index (κ3) is 9.63. The van der Waals surface area contributed by atoms with Crippen molar-refractivity contribution in [2.45, 2.75) is 82.9 Å². The molecule has 0 bridgehead atoms. The lowest BCUT2D eigenvalue weighted by Gasteiger charge is -2.39. The molecule has 0 amide bonds. The normalized spacial score (nSPS) is 18.2. The molecule has 14 nitrogen and oxygen atoms in total. The highest BCUT2D eigenvalue weighted by molar-refractivity contribution is 7.51. The van der Waals surface area contributed by atoms with Crippen LogP contribution in [0, 0.1) is 11.3 Å². The number of rotatable bonds is 20. The molecule has 9 rings (SSSR count). The van der Waals surface area contributed by atoms with E-state index in [0.29, 0.717) is 11.5 Å². The molecular weight excluding hydrogens is 920 g/mol. The highest BCUT2D eigenvalue weighted by Crippen LogP contribution is 2.58. The molecule has 8 aromatic rings. The van der Waals surface area contributed by atoms with E-state index in [4.69, 9.17) is 32.7 Å². The molecule has 1 fully saturated rings. The first-order valence-electron chi connectivity index (χ1n) is 23.7. The van der Waals surface area contributed by atoms with Gasteiger partial charge in [-0.25, -0.2) is 14.0 Å². The molecule has 0 saturated carbocycles. The van der Waals surface area contributed by atoms with Crippen molar-refractivity contribution in [1.29, 1.82) is 5.26 Å². The SMILES string of the molecule is COc1ccc(C(OC[C@H]2O[C@@H](n3ccc(=O)[nH]c3=O)[C@H](OCc3ccc4ccc5cccc6ccc3c4c56)[C@@H]2OP(=O)(OCCC#N)N(C(C)C)C(C)C)(c2ccccc2)c2ccc(OC)cc2)cc1. The van der Waals surface area contributed by atoms with Crippen molar-refractivity contribution in [2.75, 3.05) is 27.4 Å². The molecule has 1 saturated heterocycles. The Morgan fingerprint density at radius 2 is 1.32 bits per heavy atom. The van der Waals surface area contributed by atoms with E-state index in [2.05, 4.69) is 53.5 Å². The molecule has 1 aliphatic rings. The van der Waals surface area contributed by atoms with Gasteiger partial charge in [-0.1, -0.05) is 109 Å². The molecule has 1 N–H and O–H groups in total. The predicted octanol–water partition coefficient (Wildman–Crippen LogP) is 10.5. The number of methoxy groups -OCH3 is 2. The van der Waals surface area contributed by atoms with Gasteiger partial charge in [0.25, 0.3) is 5.56 Å². The van der Waals surface area contributed by atoms with Gasteiger partial charge in [-0.2, -0.15) is 5.26 Å². The van der Waals surface area contributed by atoms with Gasteiger partial charge in [0.15, 0.2) is 6.23 Å². The molecule has 1 unspecified atom stereocenters. The minimum Gasteiger partial charge on any atom is -0.497 e. The summed E-state index contributed by atoms with van der Waals surface area (Å²) in [4.78, 5) is 28.9. The lowest BCUT2D eigenvalue weighted by molar-refractivity contribution is -0.0989. The number of nitriles is 1. The Hall–Kier alpha value is -6.66. The number of benzene rings is 7. The first-order valence-corrected chi connectivity index (χ1v) is 25.2. The minimum absolute atomic E-state index is 0.00749. The number of hydrogen-bond donors (Lipinski definition) is 1. The molecule has 0 radical (unpaired) electrons. The van der Waals surface area contributed by atoms with Gasteiger partial charge in [-0.05, 0) is 107 Å². The van der Waals surface area contributed by atoms with Crippen molar-refractivity contribution < 1.29 is 37.3 Å². The topological polar surface area (TPSA) is 164 Å². The minimum atomic E-state index is -4.37. The van der Waals surface area contributed by atoms with E-state index in [-0.39, 0.29) is 38.3 Å². The molecule has 71 heavy (non-hydrogen) atoms. The zero-order valence-electron chi connectivity index (χ0n) is 40.5. The van der Waals surface area contributed by atoms with E-state index >= 15 is 4.57 Å². The van der Waals surface area contributed by atoms with Gasteiger partial charge in [-0.3, -0.25) is 23.4 Å². The van der Waals surface area contributed by atoms with Crippen LogP contribution in [0.15, 0.2) is 155 Å². The summed E-state index contributed by atoms with van der Waals surface area (Å²) >= 11 is 0. The third-order valence-electron chi connectivity index (χ3n) is 13.2. The average molecular weight is 977 g/mol. The van der Waals surface area contributed by atoms with E-state index in [1.807, 2.05) is 119 Å². The average Bonchev–Trinajstić information content (AvgIpc) is 3.70. The van der Waals surface area contributed by atoms with Gasteiger partial charge in [0.1, 0.15) is 35.4 Å². The largest absolute Gasteiger partial charge is 0.497 e. The molecule has 0 spiro atoms. The summed E-state index contributed by atoms with van der Waals surface area (Å²) in [5.74, 6) is 1.28.